The largest absolute Gasteiger partial charge is 0.456 e. The van der Waals surface area contributed by atoms with Gasteiger partial charge in [0.25, 0.3) is 0 Å². The first-order chi connectivity index (χ1) is 30.6. The number of allylic oxidation sites excluding steroid dienone is 8. The molecule has 3 aliphatic rings. The molecule has 300 valence electrons. The molecule has 2 atom stereocenters. The van der Waals surface area contributed by atoms with Crippen LogP contribution in [0.15, 0.2) is 210 Å². The Labute approximate surface area is 367 Å². The molecule has 0 radical (unpaired) electrons. The second-order valence-electron chi connectivity index (χ2n) is 17.5. The van der Waals surface area contributed by atoms with Crippen LogP contribution in [0.3, 0.4) is 0 Å². The van der Waals surface area contributed by atoms with Crippen molar-refractivity contribution >= 4 is 70.5 Å². The molecule has 9 aromatic rings. The number of thiophene rings is 1. The molecule has 0 saturated heterocycles. The van der Waals surface area contributed by atoms with Crippen molar-refractivity contribution in [1.82, 2.24) is 0 Å². The van der Waals surface area contributed by atoms with Gasteiger partial charge in [0.15, 0.2) is 0 Å². The van der Waals surface area contributed by atoms with Gasteiger partial charge in [-0.3, -0.25) is 0 Å². The second kappa shape index (κ2) is 15.0. The minimum atomic E-state index is -0.143. The molecule has 2 unspecified atom stereocenters. The highest BCUT2D eigenvalue weighted by molar-refractivity contribution is 7.26. The Morgan fingerprint density at radius 2 is 1.24 bits per heavy atom. The molecule has 1 fully saturated rings. The highest BCUT2D eigenvalue weighted by Gasteiger charge is 2.45. The molecule has 0 aliphatic heterocycles. The van der Waals surface area contributed by atoms with Crippen LogP contribution in [0.25, 0.3) is 64.4 Å². The highest BCUT2D eigenvalue weighted by Crippen LogP contribution is 2.58. The first-order valence-electron chi connectivity index (χ1n) is 22.3. The maximum Gasteiger partial charge on any atom is 0.136 e. The zero-order chi connectivity index (χ0) is 41.2. The smallest absolute Gasteiger partial charge is 0.136 e. The number of fused-ring (bicyclic) bond motifs is 7. The first kappa shape index (κ1) is 37.1. The molecule has 2 aromatic heterocycles. The van der Waals surface area contributed by atoms with E-state index in [-0.39, 0.29) is 11.3 Å². The lowest BCUT2D eigenvalue weighted by Crippen LogP contribution is -2.36. The van der Waals surface area contributed by atoms with Crippen LogP contribution in [0.4, 0.5) is 17.1 Å². The summed E-state index contributed by atoms with van der Waals surface area (Å²) in [6, 6.07) is 58.0. The molecule has 0 N–H and O–H groups in total. The van der Waals surface area contributed by atoms with Crippen LogP contribution in [-0.4, -0.2) is 0 Å². The maximum absolute atomic E-state index is 6.31. The van der Waals surface area contributed by atoms with Gasteiger partial charge in [-0.1, -0.05) is 177 Å². The van der Waals surface area contributed by atoms with Gasteiger partial charge in [0, 0.05) is 59.3 Å². The van der Waals surface area contributed by atoms with Gasteiger partial charge in [-0.15, -0.1) is 11.3 Å². The van der Waals surface area contributed by atoms with Crippen molar-refractivity contribution in [3.8, 4) is 22.3 Å². The van der Waals surface area contributed by atoms with Crippen LogP contribution >= 0.6 is 11.3 Å². The summed E-state index contributed by atoms with van der Waals surface area (Å²) in [4.78, 5) is 2.49. The zero-order valence-corrected chi connectivity index (χ0v) is 35.7. The standard InChI is InChI=1S/C59H47NOS/c1-59-42(17-11-25-51(59)41-15-3-2-4-16-41)18-12-26-52(59)49-20-5-8-27-53(49)60(43-35-31-39(32-36-43)45-22-14-29-55-57(45)50-21-6-9-28-54(50)61-55)44-37-33-40(34-38-44)46-23-13-24-48-47-19-7-10-30-56(47)62-58(46)48/h5-14,17-38,41,52H,2-4,15-16H2,1H3. The number of para-hydroxylation sites is 2. The van der Waals surface area contributed by atoms with Gasteiger partial charge in [0.05, 0.1) is 0 Å². The summed E-state index contributed by atoms with van der Waals surface area (Å²) in [5.41, 5.74) is 14.4. The molecule has 7 aromatic carbocycles. The van der Waals surface area contributed by atoms with Gasteiger partial charge in [0.2, 0.25) is 0 Å². The number of furan rings is 1. The van der Waals surface area contributed by atoms with Crippen molar-refractivity contribution in [1.29, 1.82) is 0 Å². The van der Waals surface area contributed by atoms with Crippen LogP contribution in [0.1, 0.15) is 50.5 Å². The fourth-order valence-electron chi connectivity index (χ4n) is 11.2. The number of hydrogen-bond donors (Lipinski definition) is 0. The summed E-state index contributed by atoms with van der Waals surface area (Å²) in [7, 11) is 0. The van der Waals surface area contributed by atoms with E-state index in [1.165, 1.54) is 91.4 Å². The third kappa shape index (κ3) is 5.97. The quantitative estimate of drug-likeness (QED) is 0.159. The van der Waals surface area contributed by atoms with Gasteiger partial charge in [0.1, 0.15) is 11.2 Å². The van der Waals surface area contributed by atoms with Crippen LogP contribution in [0.5, 0.6) is 0 Å². The summed E-state index contributed by atoms with van der Waals surface area (Å²) in [6.07, 6.45) is 20.8. The van der Waals surface area contributed by atoms with Crippen molar-refractivity contribution in [2.75, 3.05) is 4.90 Å². The number of benzene rings is 7. The number of rotatable bonds is 7. The zero-order valence-electron chi connectivity index (χ0n) is 34.9. The van der Waals surface area contributed by atoms with Crippen LogP contribution < -0.4 is 4.90 Å². The second-order valence-corrected chi connectivity index (χ2v) is 18.6. The Hall–Kier alpha value is -6.68. The average Bonchev–Trinajstić information content (AvgIpc) is 3.91. The van der Waals surface area contributed by atoms with Crippen molar-refractivity contribution in [3.63, 3.8) is 0 Å². The third-order valence-corrected chi connectivity index (χ3v) is 15.4. The van der Waals surface area contributed by atoms with Gasteiger partial charge in [-0.2, -0.15) is 0 Å². The molecule has 62 heavy (non-hydrogen) atoms. The molecule has 12 rings (SSSR count). The summed E-state index contributed by atoms with van der Waals surface area (Å²) in [5, 5.41) is 4.95. The van der Waals surface area contributed by atoms with Gasteiger partial charge in [-0.25, -0.2) is 0 Å². The minimum Gasteiger partial charge on any atom is -0.456 e. The predicted octanol–water partition coefficient (Wildman–Crippen LogP) is 17.4. The molecule has 3 heteroatoms. The van der Waals surface area contributed by atoms with E-state index in [9.17, 15) is 0 Å². The SMILES string of the molecule is CC12C(=CC=CC1c1ccccc1N(c1ccc(-c3cccc4c3sc3ccccc34)cc1)c1ccc(-c3cccc4oc5ccccc5c34)cc1)C=CC=C2C1CCCCC1. The summed E-state index contributed by atoms with van der Waals surface area (Å²) in [6.45, 7) is 2.52. The molecular weight excluding hydrogens is 771 g/mol. The molecule has 0 spiro atoms. The lowest BCUT2D eigenvalue weighted by molar-refractivity contribution is 0.317. The lowest BCUT2D eigenvalue weighted by atomic mass is 9.57. The Bertz CT molecular complexity index is 3290. The number of hydrogen-bond acceptors (Lipinski definition) is 3. The maximum atomic E-state index is 6.31. The van der Waals surface area contributed by atoms with E-state index in [2.05, 4.69) is 200 Å². The fourth-order valence-corrected chi connectivity index (χ4v) is 12.4. The van der Waals surface area contributed by atoms with Crippen molar-refractivity contribution in [2.45, 2.75) is 44.9 Å². The van der Waals surface area contributed by atoms with Crippen molar-refractivity contribution in [3.05, 3.63) is 211 Å². The average molecular weight is 818 g/mol. The molecule has 2 nitrogen and oxygen atoms in total. The molecule has 0 bridgehead atoms. The van der Waals surface area contributed by atoms with E-state index in [1.807, 2.05) is 17.4 Å². The van der Waals surface area contributed by atoms with Crippen molar-refractivity contribution < 1.29 is 4.42 Å². The Kier molecular flexibility index (Phi) is 9.00. The lowest BCUT2D eigenvalue weighted by Gasteiger charge is -2.47. The molecule has 0 amide bonds. The summed E-state index contributed by atoms with van der Waals surface area (Å²) in [5.74, 6) is 0.775. The topological polar surface area (TPSA) is 16.4 Å². The Balaban J connectivity index is 0.999. The van der Waals surface area contributed by atoms with E-state index in [0.29, 0.717) is 5.92 Å². The third-order valence-electron chi connectivity index (χ3n) is 14.2. The normalized spacial score (nSPS) is 19.0. The van der Waals surface area contributed by atoms with E-state index in [0.717, 1.165) is 33.3 Å². The summed E-state index contributed by atoms with van der Waals surface area (Å²) >= 11 is 1.89. The first-order valence-corrected chi connectivity index (χ1v) is 23.1. The van der Waals surface area contributed by atoms with E-state index < -0.39 is 0 Å². The molecule has 3 aliphatic carbocycles. The molecular formula is C59H47NOS. The van der Waals surface area contributed by atoms with Gasteiger partial charge >= 0.3 is 0 Å². The van der Waals surface area contributed by atoms with Crippen LogP contribution in [0.2, 0.25) is 0 Å². The highest BCUT2D eigenvalue weighted by atomic mass is 32.1. The predicted molar refractivity (Wildman–Crippen MR) is 264 cm³/mol. The Morgan fingerprint density at radius 1 is 0.581 bits per heavy atom. The Morgan fingerprint density at radius 3 is 2.06 bits per heavy atom. The van der Waals surface area contributed by atoms with E-state index >= 15 is 0 Å². The van der Waals surface area contributed by atoms with Gasteiger partial charge < -0.3 is 9.32 Å². The van der Waals surface area contributed by atoms with Crippen LogP contribution in [-0.2, 0) is 0 Å². The molecule has 1 saturated carbocycles. The minimum absolute atomic E-state index is 0.143. The van der Waals surface area contributed by atoms with E-state index in [1.54, 1.807) is 5.57 Å². The van der Waals surface area contributed by atoms with Crippen molar-refractivity contribution in [2.24, 2.45) is 11.3 Å². The monoisotopic (exact) mass is 817 g/mol. The number of anilines is 3. The fraction of sp³-hybridized carbons (Fsp3) is 0.153. The molecule has 2 heterocycles. The summed E-state index contributed by atoms with van der Waals surface area (Å²) < 4.78 is 8.97. The van der Waals surface area contributed by atoms with Crippen LogP contribution in [0, 0.1) is 11.3 Å². The van der Waals surface area contributed by atoms with E-state index in [4.69, 9.17) is 4.42 Å². The van der Waals surface area contributed by atoms with Gasteiger partial charge in [-0.05, 0) is 101 Å². The number of nitrogens with zero attached hydrogens (tertiary/aromatic N) is 1.